The van der Waals surface area contributed by atoms with Crippen LogP contribution < -0.4 is 5.32 Å². The highest BCUT2D eigenvalue weighted by Gasteiger charge is 2.22. The molecule has 0 aliphatic heterocycles. The van der Waals surface area contributed by atoms with E-state index in [1.807, 2.05) is 11.6 Å². The van der Waals surface area contributed by atoms with Crippen LogP contribution in [0.25, 0.3) is 0 Å². The fraction of sp³-hybridized carbons (Fsp3) is 0.125. The van der Waals surface area contributed by atoms with Crippen molar-refractivity contribution in [1.29, 1.82) is 0 Å². The zero-order valence-corrected chi connectivity index (χ0v) is 13.8. The third-order valence-electron chi connectivity index (χ3n) is 3.49. The molecule has 0 fully saturated rings. The fourth-order valence-corrected chi connectivity index (χ4v) is 2.66. The highest BCUT2D eigenvalue weighted by Crippen LogP contribution is 2.21. The Morgan fingerprint density at radius 2 is 2.13 bits per heavy atom. The Morgan fingerprint density at radius 1 is 1.39 bits per heavy atom. The molecule has 2 heterocycles. The van der Waals surface area contributed by atoms with Crippen molar-refractivity contribution in [3.63, 3.8) is 0 Å². The van der Waals surface area contributed by atoms with E-state index in [2.05, 4.69) is 31.2 Å². The zero-order valence-electron chi connectivity index (χ0n) is 12.3. The molecule has 0 spiro atoms. The lowest BCUT2D eigenvalue weighted by Gasteiger charge is -2.19. The van der Waals surface area contributed by atoms with Crippen molar-refractivity contribution in [2.24, 2.45) is 7.05 Å². The molecule has 0 saturated carbocycles. The van der Waals surface area contributed by atoms with Crippen LogP contribution in [0, 0.1) is 5.82 Å². The number of hydrogen-bond acceptors (Lipinski definition) is 2. The predicted molar refractivity (Wildman–Crippen MR) is 87.4 cm³/mol. The molecule has 0 bridgehead atoms. The quantitative estimate of drug-likeness (QED) is 0.734. The SMILES string of the molecule is Cn1ccnc1[C@@H](NC(=O)c1cc(Br)c[nH]1)c1ccc(F)cc1. The van der Waals surface area contributed by atoms with Gasteiger partial charge in [-0.15, -0.1) is 0 Å². The van der Waals surface area contributed by atoms with Crippen LogP contribution in [0.15, 0.2) is 53.4 Å². The number of rotatable bonds is 4. The van der Waals surface area contributed by atoms with Gasteiger partial charge in [0, 0.05) is 30.1 Å². The van der Waals surface area contributed by atoms with Crippen molar-refractivity contribution in [3.05, 3.63) is 76.3 Å². The molecule has 2 aromatic heterocycles. The summed E-state index contributed by atoms with van der Waals surface area (Å²) >= 11 is 3.30. The number of nitrogens with zero attached hydrogens (tertiary/aromatic N) is 2. The summed E-state index contributed by atoms with van der Waals surface area (Å²) in [5.41, 5.74) is 1.18. The van der Waals surface area contributed by atoms with Crippen molar-refractivity contribution in [2.45, 2.75) is 6.04 Å². The van der Waals surface area contributed by atoms with Crippen LogP contribution in [0.2, 0.25) is 0 Å². The molecule has 3 aromatic rings. The Kier molecular flexibility index (Phi) is 4.29. The number of aromatic nitrogens is 3. The molecular weight excluding hydrogens is 363 g/mol. The highest BCUT2D eigenvalue weighted by molar-refractivity contribution is 9.10. The van der Waals surface area contributed by atoms with Crippen LogP contribution in [0.3, 0.4) is 0 Å². The number of H-pyrrole nitrogens is 1. The van der Waals surface area contributed by atoms with E-state index in [1.54, 1.807) is 36.8 Å². The molecule has 0 aliphatic rings. The Morgan fingerprint density at radius 3 is 2.70 bits per heavy atom. The van der Waals surface area contributed by atoms with E-state index in [1.165, 1.54) is 12.1 Å². The van der Waals surface area contributed by atoms with Crippen molar-refractivity contribution < 1.29 is 9.18 Å². The lowest BCUT2D eigenvalue weighted by atomic mass is 10.1. The first-order valence-electron chi connectivity index (χ1n) is 6.92. The number of halogens is 2. The molecule has 1 atom stereocenters. The van der Waals surface area contributed by atoms with Gasteiger partial charge in [-0.25, -0.2) is 9.37 Å². The molecular formula is C16H14BrFN4O. The first kappa shape index (κ1) is 15.5. The van der Waals surface area contributed by atoms with Gasteiger partial charge in [0.15, 0.2) is 0 Å². The third-order valence-corrected chi connectivity index (χ3v) is 3.95. The van der Waals surface area contributed by atoms with Gasteiger partial charge in [-0.3, -0.25) is 4.79 Å². The maximum atomic E-state index is 13.2. The van der Waals surface area contributed by atoms with Gasteiger partial charge in [0.1, 0.15) is 23.4 Å². The number of carbonyl (C=O) groups is 1. The number of amides is 1. The minimum Gasteiger partial charge on any atom is -0.356 e. The van der Waals surface area contributed by atoms with Crippen LogP contribution >= 0.6 is 15.9 Å². The summed E-state index contributed by atoms with van der Waals surface area (Å²) in [5.74, 6) is 0.0653. The minimum atomic E-state index is -0.481. The third kappa shape index (κ3) is 3.34. The van der Waals surface area contributed by atoms with E-state index < -0.39 is 6.04 Å². The summed E-state index contributed by atoms with van der Waals surface area (Å²) < 4.78 is 15.8. The molecule has 1 aromatic carbocycles. The van der Waals surface area contributed by atoms with E-state index in [0.29, 0.717) is 11.5 Å². The molecule has 7 heteroatoms. The summed E-state index contributed by atoms with van der Waals surface area (Å²) in [6.07, 6.45) is 5.13. The Hall–Kier alpha value is -2.41. The predicted octanol–water partition coefficient (Wildman–Crippen LogP) is 3.17. The van der Waals surface area contributed by atoms with Gasteiger partial charge in [0.2, 0.25) is 0 Å². The van der Waals surface area contributed by atoms with Crippen molar-refractivity contribution >= 4 is 21.8 Å². The minimum absolute atomic E-state index is 0.270. The van der Waals surface area contributed by atoms with E-state index in [0.717, 1.165) is 10.0 Å². The van der Waals surface area contributed by atoms with Crippen molar-refractivity contribution in [1.82, 2.24) is 19.9 Å². The normalized spacial score (nSPS) is 12.1. The number of imidazole rings is 1. The number of nitrogens with one attached hydrogen (secondary N) is 2. The van der Waals surface area contributed by atoms with Crippen LogP contribution in [0.4, 0.5) is 4.39 Å². The Balaban J connectivity index is 1.94. The average Bonchev–Trinajstić information content (AvgIpc) is 3.14. The van der Waals surface area contributed by atoms with Crippen LogP contribution in [-0.2, 0) is 7.05 Å². The van der Waals surface area contributed by atoms with Gasteiger partial charge in [-0.1, -0.05) is 12.1 Å². The van der Waals surface area contributed by atoms with E-state index in [4.69, 9.17) is 0 Å². The molecule has 23 heavy (non-hydrogen) atoms. The summed E-state index contributed by atoms with van der Waals surface area (Å²) in [5, 5.41) is 2.93. The summed E-state index contributed by atoms with van der Waals surface area (Å²) in [7, 11) is 1.84. The molecule has 3 rings (SSSR count). The number of aromatic amines is 1. The van der Waals surface area contributed by atoms with E-state index >= 15 is 0 Å². The Labute approximate surface area is 140 Å². The van der Waals surface area contributed by atoms with Gasteiger partial charge in [0.05, 0.1) is 0 Å². The second-order valence-electron chi connectivity index (χ2n) is 5.09. The van der Waals surface area contributed by atoms with Gasteiger partial charge in [-0.05, 0) is 39.7 Å². The molecule has 0 aliphatic carbocycles. The molecule has 1 amide bonds. The van der Waals surface area contributed by atoms with Crippen molar-refractivity contribution in [3.8, 4) is 0 Å². The van der Waals surface area contributed by atoms with E-state index in [-0.39, 0.29) is 11.7 Å². The van der Waals surface area contributed by atoms with E-state index in [9.17, 15) is 9.18 Å². The monoisotopic (exact) mass is 376 g/mol. The largest absolute Gasteiger partial charge is 0.356 e. The standard InChI is InChI=1S/C16H14BrFN4O/c1-22-7-6-19-15(22)14(10-2-4-12(18)5-3-10)21-16(23)13-8-11(17)9-20-13/h2-9,14,20H,1H3,(H,21,23)/t14-/m0/s1. The van der Waals surface area contributed by atoms with Gasteiger partial charge < -0.3 is 14.9 Å². The summed E-state index contributed by atoms with van der Waals surface area (Å²) in [4.78, 5) is 19.6. The fourth-order valence-electron chi connectivity index (χ4n) is 2.32. The zero-order chi connectivity index (χ0) is 16.4. The molecule has 2 N–H and O–H groups in total. The Bertz CT molecular complexity index is 825. The van der Waals surface area contributed by atoms with Crippen LogP contribution in [0.5, 0.6) is 0 Å². The number of carbonyl (C=O) groups excluding carboxylic acids is 1. The molecule has 0 unspecified atom stereocenters. The first-order chi connectivity index (χ1) is 11.0. The van der Waals surface area contributed by atoms with Crippen LogP contribution in [0.1, 0.15) is 27.9 Å². The lowest BCUT2D eigenvalue weighted by molar-refractivity contribution is 0.0936. The number of hydrogen-bond donors (Lipinski definition) is 2. The van der Waals surface area contributed by atoms with Crippen molar-refractivity contribution in [2.75, 3.05) is 0 Å². The smallest absolute Gasteiger partial charge is 0.268 e. The van der Waals surface area contributed by atoms with Gasteiger partial charge in [0.25, 0.3) is 5.91 Å². The van der Waals surface area contributed by atoms with Gasteiger partial charge >= 0.3 is 0 Å². The first-order valence-corrected chi connectivity index (χ1v) is 7.71. The number of aryl methyl sites for hydroxylation is 1. The second kappa shape index (κ2) is 6.37. The topological polar surface area (TPSA) is 62.7 Å². The number of benzene rings is 1. The highest BCUT2D eigenvalue weighted by atomic mass is 79.9. The molecule has 5 nitrogen and oxygen atoms in total. The molecule has 0 saturated heterocycles. The summed E-state index contributed by atoms with van der Waals surface area (Å²) in [6.45, 7) is 0. The maximum Gasteiger partial charge on any atom is 0.268 e. The summed E-state index contributed by atoms with van der Waals surface area (Å²) in [6, 6.07) is 7.21. The lowest BCUT2D eigenvalue weighted by Crippen LogP contribution is -2.31. The van der Waals surface area contributed by atoms with Gasteiger partial charge in [-0.2, -0.15) is 0 Å². The molecule has 118 valence electrons. The molecule has 0 radical (unpaired) electrons. The second-order valence-corrected chi connectivity index (χ2v) is 6.00. The van der Waals surface area contributed by atoms with Crippen LogP contribution in [-0.4, -0.2) is 20.4 Å². The average molecular weight is 377 g/mol. The maximum absolute atomic E-state index is 13.2.